The number of carbonyl (C=O) groups is 1. The Bertz CT molecular complexity index is 29.0. The Hall–Kier alpha value is 0.184. The van der Waals surface area contributed by atoms with Gasteiger partial charge in [-0.05, 0) is 0 Å². The van der Waals surface area contributed by atoms with Gasteiger partial charge in [-0.15, -0.1) is 0 Å². The van der Waals surface area contributed by atoms with E-state index in [9.17, 15) is 0 Å². The summed E-state index contributed by atoms with van der Waals surface area (Å²) >= 11 is 1.08. The van der Waals surface area contributed by atoms with Gasteiger partial charge >= 0.3 is 34.6 Å². The van der Waals surface area contributed by atoms with Gasteiger partial charge in [0.2, 0.25) is 0 Å². The van der Waals surface area contributed by atoms with E-state index >= 15 is 0 Å². The average Bonchev–Trinajstić information content (AvgIpc) is 0.811. The van der Waals surface area contributed by atoms with Crippen LogP contribution >= 0.6 is 0 Å². The van der Waals surface area contributed by atoms with Gasteiger partial charge in [0.15, 0.2) is 0 Å². The minimum atomic E-state index is -0.833. The maximum atomic E-state index is 9.00. The van der Waals surface area contributed by atoms with E-state index in [4.69, 9.17) is 9.90 Å². The van der Waals surface area contributed by atoms with Crippen molar-refractivity contribution in [3.8, 4) is 0 Å². The second-order valence-electron chi connectivity index (χ2n) is 0.305. The van der Waals surface area contributed by atoms with Crippen molar-refractivity contribution in [1.29, 1.82) is 0 Å². The molecule has 0 atom stereocenters. The van der Waals surface area contributed by atoms with Crippen LogP contribution in [0.15, 0.2) is 0 Å². The summed E-state index contributed by atoms with van der Waals surface area (Å²) in [7, 11) is 0. The fraction of sp³-hybridized carbons (Fsp3) is 0. The number of rotatable bonds is 0. The fourth-order valence-electron chi connectivity index (χ4n) is 0. The van der Waals surface area contributed by atoms with Gasteiger partial charge in [-0.2, -0.15) is 0 Å². The molecule has 0 unspecified atom stereocenters. The molecule has 0 aromatic heterocycles. The molecule has 0 aromatic carbocycles. The Balaban J connectivity index is 2.80. The molecule has 4 heavy (non-hydrogen) atoms. The van der Waals surface area contributed by atoms with Crippen LogP contribution in [0.3, 0.4) is 0 Å². The van der Waals surface area contributed by atoms with E-state index in [1.54, 1.807) is 0 Å². The van der Waals surface area contributed by atoms with Crippen molar-refractivity contribution in [2.45, 2.75) is 0 Å². The molecule has 21 valence electrons. The molecule has 2 nitrogen and oxygen atoms in total. The van der Waals surface area contributed by atoms with Crippen molar-refractivity contribution in [2.75, 3.05) is 0 Å². The van der Waals surface area contributed by atoms with Crippen LogP contribution in [0.2, 0.25) is 0 Å². The first-order chi connectivity index (χ1) is 1.73. The fourth-order valence-corrected chi connectivity index (χ4v) is 0. The first-order valence-electron chi connectivity index (χ1n) is 0.678. The second-order valence-corrected chi connectivity index (χ2v) is 0.973. The molecule has 0 amide bonds. The molecule has 0 aliphatic carbocycles. The van der Waals surface area contributed by atoms with Gasteiger partial charge in [-0.1, -0.05) is 0 Å². The van der Waals surface area contributed by atoms with Crippen molar-refractivity contribution in [1.82, 2.24) is 0 Å². The van der Waals surface area contributed by atoms with Gasteiger partial charge in [0, 0.05) is 0 Å². The molecule has 0 aliphatic heterocycles. The van der Waals surface area contributed by atoms with Crippen LogP contribution in [0.4, 0.5) is 4.79 Å². The van der Waals surface area contributed by atoms with Crippen molar-refractivity contribution >= 4 is 4.27 Å². The summed E-state index contributed by atoms with van der Waals surface area (Å²) in [6.45, 7) is 0. The summed E-state index contributed by atoms with van der Waals surface area (Å²) in [5.74, 6) is 0. The monoisotopic (exact) mass is 92.9 g/mol. The van der Waals surface area contributed by atoms with E-state index in [2.05, 4.69) is 0 Å². The van der Waals surface area contributed by atoms with Crippen molar-refractivity contribution < 1.29 is 30.3 Å². The van der Waals surface area contributed by atoms with E-state index in [1.165, 1.54) is 0 Å². The minimum absolute atomic E-state index is 0.833. The third-order valence-corrected chi connectivity index (χ3v) is 0. The predicted molar refractivity (Wildman–Crippen MR) is 8.02 cm³/mol. The van der Waals surface area contributed by atoms with Gasteiger partial charge in [-0.3, -0.25) is 0 Å². The van der Waals surface area contributed by atoms with E-state index in [0.717, 1.165) is 20.4 Å². The van der Waals surface area contributed by atoms with E-state index in [0.29, 0.717) is 0 Å². The van der Waals surface area contributed by atoms with Gasteiger partial charge < -0.3 is 0 Å². The average molecular weight is 92.9 g/mol. The normalized spacial score (nSPS) is 5.75. The molecular formula is CHO2Ti. The standard InChI is InChI=1S/CHO2.Ti/c2-1-3;/h(H,2,3);. The van der Waals surface area contributed by atoms with Crippen LogP contribution in [0.5, 0.6) is 0 Å². The zero-order valence-corrected chi connectivity index (χ0v) is 3.42. The molecule has 3 heteroatoms. The zero-order chi connectivity index (χ0) is 3.58. The Kier molecular flexibility index (Phi) is 1.57. The van der Waals surface area contributed by atoms with Crippen LogP contribution in [-0.2, 0) is 20.4 Å². The molecule has 0 rings (SSSR count). The van der Waals surface area contributed by atoms with Crippen molar-refractivity contribution in [3.63, 3.8) is 0 Å². The summed E-state index contributed by atoms with van der Waals surface area (Å²) in [5.41, 5.74) is 0. The predicted octanol–water partition coefficient (Wildman–Crippen LogP) is 0.211. The molecular weight excluding hydrogens is 91.9 g/mol. The summed E-state index contributed by atoms with van der Waals surface area (Å²) in [5, 5.41) is 7.42. The van der Waals surface area contributed by atoms with Gasteiger partial charge in [0.1, 0.15) is 0 Å². The molecule has 0 spiro atoms. The number of hydrogen-bond donors (Lipinski definition) is 1. The van der Waals surface area contributed by atoms with Crippen LogP contribution in [0.1, 0.15) is 0 Å². The Labute approximate surface area is 35.2 Å². The molecule has 0 saturated carbocycles. The molecule has 0 saturated heterocycles. The van der Waals surface area contributed by atoms with Crippen molar-refractivity contribution in [3.05, 3.63) is 0 Å². The van der Waals surface area contributed by atoms with Crippen LogP contribution in [0.25, 0.3) is 0 Å². The molecule has 0 aliphatic rings. The number of carboxylic acid groups (broad SMARTS) is 1. The third kappa shape index (κ3) is 90.2. The Morgan fingerprint density at radius 1 is 2.00 bits per heavy atom. The quantitative estimate of drug-likeness (QED) is 0.434. The van der Waals surface area contributed by atoms with Gasteiger partial charge in [-0.25, -0.2) is 0 Å². The van der Waals surface area contributed by atoms with Crippen molar-refractivity contribution in [2.24, 2.45) is 0 Å². The Morgan fingerprint density at radius 3 is 2.00 bits per heavy atom. The molecule has 1 N–H and O–H groups in total. The number of hydrogen-bond acceptors (Lipinski definition) is 1. The summed E-state index contributed by atoms with van der Waals surface area (Å²) in [6, 6.07) is 0. The van der Waals surface area contributed by atoms with Crippen LogP contribution in [0, 0.1) is 0 Å². The SMILES string of the molecule is O=[C](O)[Ti]. The van der Waals surface area contributed by atoms with Crippen LogP contribution < -0.4 is 0 Å². The first-order valence-corrected chi connectivity index (χ1v) is 1.46. The topological polar surface area (TPSA) is 37.3 Å². The molecule has 0 fully saturated rings. The molecule has 0 heterocycles. The summed E-state index contributed by atoms with van der Waals surface area (Å²) < 4.78 is -0.833. The summed E-state index contributed by atoms with van der Waals surface area (Å²) in [6.07, 6.45) is 0. The second kappa shape index (κ2) is 1.50. The van der Waals surface area contributed by atoms with E-state index in [1.807, 2.05) is 0 Å². The first kappa shape index (κ1) is 4.18. The third-order valence-electron chi connectivity index (χ3n) is 0. The van der Waals surface area contributed by atoms with E-state index < -0.39 is 4.27 Å². The zero-order valence-electron chi connectivity index (χ0n) is 1.86. The van der Waals surface area contributed by atoms with E-state index in [-0.39, 0.29) is 0 Å². The molecule has 0 bridgehead atoms. The van der Waals surface area contributed by atoms with Gasteiger partial charge in [0.25, 0.3) is 0 Å². The maximum absolute atomic E-state index is 9.00. The Morgan fingerprint density at radius 2 is 2.00 bits per heavy atom. The van der Waals surface area contributed by atoms with Crippen LogP contribution in [-0.4, -0.2) is 9.38 Å². The molecule has 0 aromatic rings. The van der Waals surface area contributed by atoms with Gasteiger partial charge in [0.05, 0.1) is 0 Å². The summed E-state index contributed by atoms with van der Waals surface area (Å²) in [4.78, 5) is 9.00. The molecule has 0 radical (unpaired) electrons.